The van der Waals surface area contributed by atoms with Crippen molar-refractivity contribution in [2.45, 2.75) is 85.6 Å². The van der Waals surface area contributed by atoms with Gasteiger partial charge >= 0.3 is 5.97 Å². The second-order valence-electron chi connectivity index (χ2n) is 15.3. The van der Waals surface area contributed by atoms with Crippen LogP contribution in [0.3, 0.4) is 0 Å². The second-order valence-corrected chi connectivity index (χ2v) is 15.3. The highest BCUT2D eigenvalue weighted by atomic mass is 16.7. The summed E-state index contributed by atoms with van der Waals surface area (Å²) in [4.78, 5) is 24.4. The summed E-state index contributed by atoms with van der Waals surface area (Å²) < 4.78 is 40.0. The third kappa shape index (κ3) is 9.23. The second kappa shape index (κ2) is 18.8. The van der Waals surface area contributed by atoms with Gasteiger partial charge in [0.05, 0.1) is 32.0 Å². The van der Waals surface area contributed by atoms with Crippen LogP contribution in [-0.2, 0) is 23.7 Å². The van der Waals surface area contributed by atoms with E-state index >= 15 is 0 Å². The van der Waals surface area contributed by atoms with E-state index in [1.54, 1.807) is 0 Å². The fourth-order valence-electron chi connectivity index (χ4n) is 7.60. The summed E-state index contributed by atoms with van der Waals surface area (Å²) in [6.45, 7) is -1.88. The predicted octanol–water partition coefficient (Wildman–Crippen LogP) is -1.73. The van der Waals surface area contributed by atoms with Crippen LogP contribution >= 0.6 is 0 Å². The lowest BCUT2D eigenvalue weighted by atomic mass is 9.87. The van der Waals surface area contributed by atoms with Crippen LogP contribution in [0.1, 0.15) is 28.9 Å². The van der Waals surface area contributed by atoms with Gasteiger partial charge in [-0.05, 0) is 65.7 Å². The van der Waals surface area contributed by atoms with Crippen molar-refractivity contribution in [3.8, 4) is 45.6 Å². The van der Waals surface area contributed by atoms with Crippen LogP contribution in [0.2, 0.25) is 0 Å². The van der Waals surface area contributed by atoms with Gasteiger partial charge in [0, 0.05) is 11.1 Å². The van der Waals surface area contributed by atoms with Gasteiger partial charge in [0.1, 0.15) is 90.9 Å². The number of ether oxygens (including phenoxy) is 6. The maximum absolute atomic E-state index is 14.0. The molecule has 1 aliphatic carbocycles. The molecule has 0 saturated carbocycles. The normalized spacial score (nSPS) is 32.5. The molecule has 5 aliphatic rings. The Morgan fingerprint density at radius 3 is 2.21 bits per heavy atom. The molecule has 21 heteroatoms. The Balaban J connectivity index is 1.23. The molecule has 340 valence electrons. The smallest absolute Gasteiger partial charge is 0.504 e. The molecule has 14 atom stereocenters. The molecule has 0 aromatic heterocycles. The molecule has 2 aromatic carbocycles. The quantitative estimate of drug-likeness (QED) is 0.0344. The zero-order valence-corrected chi connectivity index (χ0v) is 33.1. The Kier molecular flexibility index (Phi) is 13.7. The Hall–Kier alpha value is -5.24. The average Bonchev–Trinajstić information content (AvgIpc) is 3.27. The van der Waals surface area contributed by atoms with Gasteiger partial charge in [-0.1, -0.05) is 6.07 Å². The van der Waals surface area contributed by atoms with E-state index in [0.29, 0.717) is 5.56 Å². The SMILES string of the molecule is COc1cc(C=CC(=[OH+])OC[C@H]2O[C@@H](c3cc4oc(-c5ccc(O)c(O)c5)c([C@@H]5O[C@H](CO)[C@@H](O)[C@H](O)[C@H]5O[C@@H]5OC[C@@H](O)[C@H](O)[C@H]5O)cc-4c(=O)c3)[C@H](O)[C@@H](O)[C@@H]2O)ccc1O. The van der Waals surface area contributed by atoms with E-state index in [1.165, 1.54) is 55.7 Å². The molecule has 0 amide bonds. The van der Waals surface area contributed by atoms with Crippen molar-refractivity contribution in [2.24, 2.45) is 0 Å². The van der Waals surface area contributed by atoms with Crippen molar-refractivity contribution in [1.82, 2.24) is 0 Å². The van der Waals surface area contributed by atoms with Crippen LogP contribution in [0.4, 0.5) is 0 Å². The molecule has 3 fully saturated rings. The van der Waals surface area contributed by atoms with Crippen molar-refractivity contribution in [3.05, 3.63) is 87.6 Å². The van der Waals surface area contributed by atoms with E-state index in [-0.39, 0.29) is 45.3 Å². The molecular weight excluding hydrogens is 840 g/mol. The topological polar surface area (TPSA) is 350 Å². The minimum atomic E-state index is -1.89. The van der Waals surface area contributed by atoms with Gasteiger partial charge in [-0.25, -0.2) is 0 Å². The van der Waals surface area contributed by atoms with Crippen LogP contribution in [0.5, 0.6) is 23.0 Å². The summed E-state index contributed by atoms with van der Waals surface area (Å²) in [6.07, 6.45) is -21.0. The van der Waals surface area contributed by atoms with E-state index in [4.69, 9.17) is 32.8 Å². The number of aliphatic hydroxyl groups is 9. The molecule has 63 heavy (non-hydrogen) atoms. The van der Waals surface area contributed by atoms with Gasteiger partial charge in [0.15, 0.2) is 34.7 Å². The standard InChI is InChI=1S/C42H46O21/c1-57-27-8-16(2-5-22(27)45)3-7-30(49)58-15-29-33(52)34(53)36(55)39(62-29)18-10-23(46)19-12-20(38(60-26(19)11-18)17-4-6-21(44)24(47)9-17)40-41(35(54)32(51)28(13-43)61-40)63-42-37(56)31(50)25(48)14-59-42/h2-12,25,28-29,31-37,39-45,47-48,50-56H,13-15H2,1H3/p+1/t25-,28-,29-,31+,32-,33-,34+,35+,36-,37-,39+,40+,41-,42+/m1/s1. The number of hydrogen-bond donors (Lipinski definition) is 12. The number of benzene rings is 3. The largest absolute Gasteiger partial charge is 0.510 e. The van der Waals surface area contributed by atoms with Crippen molar-refractivity contribution in [2.75, 3.05) is 26.9 Å². The number of carbonyl (C=O) groups excluding carboxylic acids is 1. The number of aromatic hydroxyl groups is 3. The summed E-state index contributed by atoms with van der Waals surface area (Å²) in [6, 6.07) is 11.5. The number of esters is 1. The maximum atomic E-state index is 14.0. The summed E-state index contributed by atoms with van der Waals surface area (Å²) >= 11 is 0. The van der Waals surface area contributed by atoms with Crippen molar-refractivity contribution >= 4 is 12.0 Å². The first kappa shape index (κ1) is 45.8. The summed E-state index contributed by atoms with van der Waals surface area (Å²) in [5, 5.41) is 127. The first-order valence-electron chi connectivity index (χ1n) is 19.5. The maximum Gasteiger partial charge on any atom is 0.510 e. The van der Waals surface area contributed by atoms with Crippen LogP contribution in [0, 0.1) is 0 Å². The molecule has 0 spiro atoms. The van der Waals surface area contributed by atoms with Crippen molar-refractivity contribution in [1.29, 1.82) is 0 Å². The first-order chi connectivity index (χ1) is 30.0. The molecule has 0 bridgehead atoms. The lowest BCUT2D eigenvalue weighted by Crippen LogP contribution is -2.60. The molecule has 4 aliphatic heterocycles. The Bertz CT molecular complexity index is 2310. The average molecular weight is 888 g/mol. The van der Waals surface area contributed by atoms with Gasteiger partial charge in [0.25, 0.3) is 0 Å². The van der Waals surface area contributed by atoms with Gasteiger partial charge in [-0.15, -0.1) is 0 Å². The van der Waals surface area contributed by atoms with Gasteiger partial charge in [-0.3, -0.25) is 4.79 Å². The number of phenols is 3. The Morgan fingerprint density at radius 1 is 0.778 bits per heavy atom. The summed E-state index contributed by atoms with van der Waals surface area (Å²) in [5.74, 6) is -2.08. The number of methoxy groups -OCH3 is 1. The van der Waals surface area contributed by atoms with Gasteiger partial charge in [-0.2, -0.15) is 0 Å². The van der Waals surface area contributed by atoms with Crippen LogP contribution in [0.25, 0.3) is 28.7 Å². The third-order valence-electron chi connectivity index (χ3n) is 11.1. The Morgan fingerprint density at radius 2 is 1.49 bits per heavy atom. The highest BCUT2D eigenvalue weighted by Gasteiger charge is 2.51. The highest BCUT2D eigenvalue weighted by molar-refractivity contribution is 5.88. The molecule has 2 aromatic rings. The number of rotatable bonds is 11. The highest BCUT2D eigenvalue weighted by Crippen LogP contribution is 2.45. The Labute approximate surface area is 356 Å². The molecule has 4 heterocycles. The third-order valence-corrected chi connectivity index (χ3v) is 11.1. The molecule has 7 rings (SSSR count). The number of aliphatic hydroxyl groups excluding tert-OH is 9. The molecule has 13 N–H and O–H groups in total. The lowest BCUT2D eigenvalue weighted by molar-refractivity contribution is -0.325. The number of hydrogen-bond acceptors (Lipinski definition) is 20. The summed E-state index contributed by atoms with van der Waals surface area (Å²) in [7, 11) is 1.36. The number of phenolic OH excluding ortho intramolecular Hbond substituents is 3. The zero-order valence-electron chi connectivity index (χ0n) is 33.1. The van der Waals surface area contributed by atoms with Crippen molar-refractivity contribution in [3.63, 3.8) is 0 Å². The minimum Gasteiger partial charge on any atom is -0.504 e. The molecule has 0 unspecified atom stereocenters. The molecular formula is C42H47O21+. The van der Waals surface area contributed by atoms with E-state index in [1.807, 2.05) is 0 Å². The van der Waals surface area contributed by atoms with Gasteiger partial charge in [0.2, 0.25) is 6.61 Å². The van der Waals surface area contributed by atoms with E-state index in [0.717, 1.165) is 18.2 Å². The number of fused-ring (bicyclic) bond motifs is 1. The molecule has 0 radical (unpaired) electrons. The zero-order chi connectivity index (χ0) is 45.4. The van der Waals surface area contributed by atoms with Crippen LogP contribution < -0.4 is 10.2 Å². The minimum absolute atomic E-state index is 0.0374. The van der Waals surface area contributed by atoms with Crippen LogP contribution in [0.15, 0.2) is 69.9 Å². The fraction of sp³-hybridized carbons (Fsp3) is 0.429. The predicted molar refractivity (Wildman–Crippen MR) is 212 cm³/mol. The van der Waals surface area contributed by atoms with Gasteiger partial charge < -0.3 is 98.9 Å². The van der Waals surface area contributed by atoms with E-state index in [9.17, 15) is 70.9 Å². The van der Waals surface area contributed by atoms with Crippen LogP contribution in [-0.4, -0.2) is 172 Å². The lowest BCUT2D eigenvalue weighted by Gasteiger charge is -2.45. The summed E-state index contributed by atoms with van der Waals surface area (Å²) in [5.41, 5.74) is -0.539. The fourth-order valence-corrected chi connectivity index (χ4v) is 7.60. The molecule has 3 saturated heterocycles. The van der Waals surface area contributed by atoms with Crippen molar-refractivity contribution < 1.29 is 98.9 Å². The first-order valence-corrected chi connectivity index (χ1v) is 19.5. The van der Waals surface area contributed by atoms with E-state index < -0.39 is 128 Å². The monoisotopic (exact) mass is 887 g/mol. The molecule has 21 nitrogen and oxygen atoms in total. The van der Waals surface area contributed by atoms with E-state index in [2.05, 4.69) is 0 Å².